The molecule has 1 N–H and O–H groups in total. The summed E-state index contributed by atoms with van der Waals surface area (Å²) < 4.78 is 27.6. The fourth-order valence-corrected chi connectivity index (χ4v) is 2.72. The van der Waals surface area contributed by atoms with E-state index in [1.165, 1.54) is 24.3 Å². The minimum atomic E-state index is -0.282. The number of hydrogen-bond acceptors (Lipinski definition) is 1. The van der Waals surface area contributed by atoms with Crippen molar-refractivity contribution in [3.8, 4) is 0 Å². The van der Waals surface area contributed by atoms with E-state index in [9.17, 15) is 8.78 Å². The van der Waals surface area contributed by atoms with Crippen molar-refractivity contribution >= 4 is 44.2 Å². The Morgan fingerprint density at radius 2 is 1.83 bits per heavy atom. The molecule has 0 aliphatic carbocycles. The van der Waals surface area contributed by atoms with Crippen LogP contribution in [0.1, 0.15) is 5.56 Å². The van der Waals surface area contributed by atoms with Gasteiger partial charge in [-0.1, -0.05) is 15.9 Å². The maximum atomic E-state index is 13.2. The van der Waals surface area contributed by atoms with Crippen molar-refractivity contribution < 1.29 is 8.78 Å². The molecule has 2 aromatic carbocycles. The first-order chi connectivity index (χ1) is 8.54. The molecule has 0 unspecified atom stereocenters. The van der Waals surface area contributed by atoms with Gasteiger partial charge in [0.05, 0.1) is 0 Å². The van der Waals surface area contributed by atoms with Gasteiger partial charge in [0.15, 0.2) is 0 Å². The van der Waals surface area contributed by atoms with Crippen molar-refractivity contribution in [1.82, 2.24) is 0 Å². The second-order valence-corrected chi connectivity index (χ2v) is 5.83. The highest BCUT2D eigenvalue weighted by Gasteiger charge is 2.03. The average molecular weight is 424 g/mol. The van der Waals surface area contributed by atoms with Crippen molar-refractivity contribution in [3.63, 3.8) is 0 Å². The van der Waals surface area contributed by atoms with Crippen molar-refractivity contribution in [2.75, 3.05) is 5.32 Å². The van der Waals surface area contributed by atoms with Crippen LogP contribution in [0, 0.1) is 15.2 Å². The van der Waals surface area contributed by atoms with Gasteiger partial charge in [0.25, 0.3) is 0 Å². The molecule has 0 saturated heterocycles. The molecule has 2 rings (SSSR count). The Kier molecular flexibility index (Phi) is 4.55. The fraction of sp³-hybridized carbons (Fsp3) is 0.0769. The van der Waals surface area contributed by atoms with Crippen LogP contribution < -0.4 is 5.32 Å². The van der Waals surface area contributed by atoms with Gasteiger partial charge in [-0.2, -0.15) is 0 Å². The van der Waals surface area contributed by atoms with Gasteiger partial charge in [-0.05, 0) is 64.6 Å². The molecule has 0 heterocycles. The van der Waals surface area contributed by atoms with Crippen LogP contribution in [0.4, 0.5) is 14.5 Å². The number of hydrogen-bond donors (Lipinski definition) is 1. The molecule has 0 fully saturated rings. The van der Waals surface area contributed by atoms with Crippen LogP contribution in [0.15, 0.2) is 40.9 Å². The minimum absolute atomic E-state index is 0.265. The lowest BCUT2D eigenvalue weighted by Crippen LogP contribution is -2.01. The largest absolute Gasteiger partial charge is 0.380 e. The summed E-state index contributed by atoms with van der Waals surface area (Å²) in [4.78, 5) is 0. The predicted molar refractivity (Wildman–Crippen MR) is 80.5 cm³/mol. The first-order valence-corrected chi connectivity index (χ1v) is 7.05. The van der Waals surface area contributed by atoms with Crippen LogP contribution in [0.5, 0.6) is 0 Å². The summed E-state index contributed by atoms with van der Waals surface area (Å²) in [6.45, 7) is 0.484. The third-order valence-corrected chi connectivity index (χ3v) is 3.69. The van der Waals surface area contributed by atoms with E-state index in [-0.39, 0.29) is 11.6 Å². The zero-order valence-corrected chi connectivity index (χ0v) is 12.9. The third kappa shape index (κ3) is 3.65. The monoisotopic (exact) mass is 423 g/mol. The van der Waals surface area contributed by atoms with E-state index in [1.54, 1.807) is 6.07 Å². The Labute approximate surface area is 126 Å². The molecule has 0 atom stereocenters. The van der Waals surface area contributed by atoms with Gasteiger partial charge in [0.2, 0.25) is 0 Å². The van der Waals surface area contributed by atoms with E-state index < -0.39 is 0 Å². The topological polar surface area (TPSA) is 12.0 Å². The SMILES string of the molecule is Fc1cc(Br)cc(CNc2ccc(F)cc2I)c1. The molecule has 2 aromatic rings. The van der Waals surface area contributed by atoms with E-state index in [4.69, 9.17) is 0 Å². The molecule has 18 heavy (non-hydrogen) atoms. The molecule has 0 radical (unpaired) electrons. The molecule has 0 bridgehead atoms. The van der Waals surface area contributed by atoms with E-state index in [0.717, 1.165) is 14.8 Å². The first kappa shape index (κ1) is 13.7. The zero-order chi connectivity index (χ0) is 13.1. The lowest BCUT2D eigenvalue weighted by molar-refractivity contribution is 0.625. The van der Waals surface area contributed by atoms with Crippen molar-refractivity contribution in [2.24, 2.45) is 0 Å². The molecule has 0 aromatic heterocycles. The molecule has 5 heteroatoms. The molecular weight excluding hydrogens is 415 g/mol. The summed E-state index contributed by atoms with van der Waals surface area (Å²) >= 11 is 5.30. The molecule has 0 aliphatic rings. The Morgan fingerprint density at radius 1 is 1.06 bits per heavy atom. The van der Waals surface area contributed by atoms with Gasteiger partial charge < -0.3 is 5.32 Å². The quantitative estimate of drug-likeness (QED) is 0.689. The normalized spacial score (nSPS) is 10.4. The highest BCUT2D eigenvalue weighted by Crippen LogP contribution is 2.21. The number of anilines is 1. The predicted octanol–water partition coefficient (Wildman–Crippen LogP) is 4.94. The number of halogens is 4. The van der Waals surface area contributed by atoms with Gasteiger partial charge in [0, 0.05) is 20.3 Å². The Bertz CT molecular complexity index is 555. The molecule has 94 valence electrons. The third-order valence-electron chi connectivity index (χ3n) is 2.34. The first-order valence-electron chi connectivity index (χ1n) is 5.18. The number of nitrogens with one attached hydrogen (secondary N) is 1. The van der Waals surface area contributed by atoms with Gasteiger partial charge in [-0.3, -0.25) is 0 Å². The van der Waals surface area contributed by atoms with Gasteiger partial charge in [-0.15, -0.1) is 0 Å². The van der Waals surface area contributed by atoms with Crippen molar-refractivity contribution in [3.05, 3.63) is 61.6 Å². The second kappa shape index (κ2) is 5.97. The lowest BCUT2D eigenvalue weighted by Gasteiger charge is -2.09. The smallest absolute Gasteiger partial charge is 0.124 e. The Hall–Kier alpha value is -0.690. The summed E-state index contributed by atoms with van der Waals surface area (Å²) in [5.74, 6) is -0.548. The molecular formula is C13H9BrF2IN. The van der Waals surface area contributed by atoms with Crippen molar-refractivity contribution in [1.29, 1.82) is 0 Å². The second-order valence-electron chi connectivity index (χ2n) is 3.76. The van der Waals surface area contributed by atoms with Crippen LogP contribution in [0.25, 0.3) is 0 Å². The van der Waals surface area contributed by atoms with Crippen LogP contribution in [0.2, 0.25) is 0 Å². The van der Waals surface area contributed by atoms with Crippen molar-refractivity contribution in [2.45, 2.75) is 6.54 Å². The highest BCUT2D eigenvalue weighted by atomic mass is 127. The number of rotatable bonds is 3. The maximum Gasteiger partial charge on any atom is 0.124 e. The Morgan fingerprint density at radius 3 is 2.50 bits per heavy atom. The van der Waals surface area contributed by atoms with Gasteiger partial charge >= 0.3 is 0 Å². The molecule has 1 nitrogen and oxygen atoms in total. The highest BCUT2D eigenvalue weighted by molar-refractivity contribution is 14.1. The van der Waals surface area contributed by atoms with E-state index in [2.05, 4.69) is 43.8 Å². The van der Waals surface area contributed by atoms with Crippen LogP contribution in [0.3, 0.4) is 0 Å². The van der Waals surface area contributed by atoms with E-state index in [1.807, 2.05) is 6.07 Å². The molecule has 0 aliphatic heterocycles. The number of benzene rings is 2. The Balaban J connectivity index is 2.11. The van der Waals surface area contributed by atoms with E-state index in [0.29, 0.717) is 11.0 Å². The maximum absolute atomic E-state index is 13.2. The standard InChI is InChI=1S/C13H9BrF2IN/c14-9-3-8(4-11(16)5-9)7-18-13-2-1-10(15)6-12(13)17/h1-6,18H,7H2. The molecule has 0 saturated carbocycles. The summed E-state index contributed by atoms with van der Waals surface area (Å²) in [5.41, 5.74) is 1.65. The summed E-state index contributed by atoms with van der Waals surface area (Å²) in [7, 11) is 0. The molecule has 0 spiro atoms. The van der Waals surface area contributed by atoms with Crippen LogP contribution in [-0.2, 0) is 6.54 Å². The molecule has 0 amide bonds. The lowest BCUT2D eigenvalue weighted by atomic mass is 10.2. The van der Waals surface area contributed by atoms with Gasteiger partial charge in [-0.25, -0.2) is 8.78 Å². The fourth-order valence-electron chi connectivity index (χ4n) is 1.54. The average Bonchev–Trinajstić information content (AvgIpc) is 2.26. The summed E-state index contributed by atoms with van der Waals surface area (Å²) in [5, 5.41) is 3.15. The van der Waals surface area contributed by atoms with Crippen LogP contribution in [-0.4, -0.2) is 0 Å². The van der Waals surface area contributed by atoms with E-state index >= 15 is 0 Å². The summed E-state index contributed by atoms with van der Waals surface area (Å²) in [6.07, 6.45) is 0. The minimum Gasteiger partial charge on any atom is -0.380 e. The van der Waals surface area contributed by atoms with Gasteiger partial charge in [0.1, 0.15) is 11.6 Å². The van der Waals surface area contributed by atoms with Crippen LogP contribution >= 0.6 is 38.5 Å². The summed E-state index contributed by atoms with van der Waals surface area (Å²) in [6, 6.07) is 9.23. The zero-order valence-electron chi connectivity index (χ0n) is 9.18.